The molecule has 2 heterocycles. The van der Waals surface area contributed by atoms with Crippen LogP contribution in [0.25, 0.3) is 5.65 Å². The summed E-state index contributed by atoms with van der Waals surface area (Å²) in [6, 6.07) is 1.37. The van der Waals surface area contributed by atoms with E-state index in [0.717, 1.165) is 0 Å². The highest BCUT2D eigenvalue weighted by Crippen LogP contribution is 2.21. The first-order valence-corrected chi connectivity index (χ1v) is 5.32. The zero-order valence-corrected chi connectivity index (χ0v) is 9.75. The van der Waals surface area contributed by atoms with E-state index >= 15 is 0 Å². The molecule has 0 fully saturated rings. The second-order valence-corrected chi connectivity index (χ2v) is 4.01. The van der Waals surface area contributed by atoms with Crippen LogP contribution in [-0.4, -0.2) is 14.5 Å². The summed E-state index contributed by atoms with van der Waals surface area (Å²) in [6.07, 6.45) is 2.07. The van der Waals surface area contributed by atoms with Gasteiger partial charge in [-0.2, -0.15) is 0 Å². The lowest BCUT2D eigenvalue weighted by molar-refractivity contribution is 0.476. The van der Waals surface area contributed by atoms with Gasteiger partial charge in [0.15, 0.2) is 11.4 Å². The Kier molecular flexibility index (Phi) is 2.59. The summed E-state index contributed by atoms with van der Waals surface area (Å²) in [4.78, 5) is 16.2. The SMILES string of the molecule is CCc1c(C)nc2c(O)cc(Cl)cn2c1=O. The summed E-state index contributed by atoms with van der Waals surface area (Å²) in [5.74, 6) is -0.0876. The Morgan fingerprint density at radius 2 is 2.25 bits per heavy atom. The van der Waals surface area contributed by atoms with Gasteiger partial charge in [0.2, 0.25) is 0 Å². The van der Waals surface area contributed by atoms with Crippen LogP contribution in [0.4, 0.5) is 0 Å². The van der Waals surface area contributed by atoms with Gasteiger partial charge < -0.3 is 5.11 Å². The van der Waals surface area contributed by atoms with E-state index < -0.39 is 0 Å². The van der Waals surface area contributed by atoms with Crippen molar-refractivity contribution < 1.29 is 5.11 Å². The minimum atomic E-state index is -0.178. The first-order valence-electron chi connectivity index (χ1n) is 4.95. The third-order valence-corrected chi connectivity index (χ3v) is 2.73. The largest absolute Gasteiger partial charge is 0.504 e. The third-order valence-electron chi connectivity index (χ3n) is 2.53. The highest BCUT2D eigenvalue weighted by molar-refractivity contribution is 6.30. The lowest BCUT2D eigenvalue weighted by Gasteiger charge is -2.07. The summed E-state index contributed by atoms with van der Waals surface area (Å²) < 4.78 is 1.28. The van der Waals surface area contributed by atoms with Crippen molar-refractivity contribution in [2.75, 3.05) is 0 Å². The van der Waals surface area contributed by atoms with Crippen molar-refractivity contribution in [2.45, 2.75) is 20.3 Å². The second-order valence-electron chi connectivity index (χ2n) is 3.57. The van der Waals surface area contributed by atoms with Crippen molar-refractivity contribution in [3.05, 3.63) is 38.9 Å². The minimum Gasteiger partial charge on any atom is -0.504 e. The van der Waals surface area contributed by atoms with Crippen molar-refractivity contribution in [2.24, 2.45) is 0 Å². The molecule has 0 saturated heterocycles. The zero-order valence-electron chi connectivity index (χ0n) is 8.99. The van der Waals surface area contributed by atoms with Crippen molar-refractivity contribution >= 4 is 17.2 Å². The van der Waals surface area contributed by atoms with Gasteiger partial charge in [-0.1, -0.05) is 18.5 Å². The molecular weight excluding hydrogens is 228 g/mol. The third kappa shape index (κ3) is 1.55. The number of aromatic hydroxyl groups is 1. The van der Waals surface area contributed by atoms with Crippen LogP contribution in [-0.2, 0) is 6.42 Å². The van der Waals surface area contributed by atoms with Gasteiger partial charge in [-0.25, -0.2) is 4.98 Å². The van der Waals surface area contributed by atoms with E-state index in [4.69, 9.17) is 11.6 Å². The van der Waals surface area contributed by atoms with Gasteiger partial charge in [-0.15, -0.1) is 0 Å². The molecule has 0 aromatic carbocycles. The Balaban J connectivity index is 2.99. The maximum Gasteiger partial charge on any atom is 0.261 e. The van der Waals surface area contributed by atoms with Gasteiger partial charge in [-0.05, 0) is 13.3 Å². The number of hydrogen-bond acceptors (Lipinski definition) is 3. The molecular formula is C11H11ClN2O2. The first kappa shape index (κ1) is 11.0. The fraction of sp³-hybridized carbons (Fsp3) is 0.273. The maximum absolute atomic E-state index is 12.0. The van der Waals surface area contributed by atoms with Crippen LogP contribution in [0.1, 0.15) is 18.2 Å². The summed E-state index contributed by atoms with van der Waals surface area (Å²) in [6.45, 7) is 3.65. The zero-order chi connectivity index (χ0) is 11.9. The fourth-order valence-electron chi connectivity index (χ4n) is 1.74. The Morgan fingerprint density at radius 1 is 1.56 bits per heavy atom. The number of rotatable bonds is 1. The molecule has 0 aliphatic rings. The number of pyridine rings is 1. The molecule has 0 aliphatic heterocycles. The predicted molar refractivity (Wildman–Crippen MR) is 62.3 cm³/mol. The number of hydrogen-bond donors (Lipinski definition) is 1. The molecule has 2 aromatic rings. The van der Waals surface area contributed by atoms with Crippen LogP contribution in [0.15, 0.2) is 17.1 Å². The number of aryl methyl sites for hydroxylation is 1. The molecule has 0 radical (unpaired) electrons. The molecule has 2 rings (SSSR count). The molecule has 0 bridgehead atoms. The van der Waals surface area contributed by atoms with Crippen LogP contribution < -0.4 is 5.56 Å². The highest BCUT2D eigenvalue weighted by Gasteiger charge is 2.11. The van der Waals surface area contributed by atoms with Crippen molar-refractivity contribution in [1.82, 2.24) is 9.38 Å². The molecule has 16 heavy (non-hydrogen) atoms. The van der Waals surface area contributed by atoms with Gasteiger partial charge in [0.25, 0.3) is 5.56 Å². The Bertz CT molecular complexity index is 619. The highest BCUT2D eigenvalue weighted by atomic mass is 35.5. The second kappa shape index (κ2) is 3.79. The van der Waals surface area contributed by atoms with E-state index in [1.165, 1.54) is 16.7 Å². The Hall–Kier alpha value is -1.55. The lowest BCUT2D eigenvalue weighted by Crippen LogP contribution is -2.21. The Morgan fingerprint density at radius 3 is 2.88 bits per heavy atom. The quantitative estimate of drug-likeness (QED) is 0.826. The van der Waals surface area contributed by atoms with E-state index in [1.54, 1.807) is 6.92 Å². The van der Waals surface area contributed by atoms with Crippen LogP contribution in [0.3, 0.4) is 0 Å². The summed E-state index contributed by atoms with van der Waals surface area (Å²) in [7, 11) is 0. The number of fused-ring (bicyclic) bond motifs is 1. The van der Waals surface area contributed by atoms with Crippen molar-refractivity contribution in [1.29, 1.82) is 0 Å². The van der Waals surface area contributed by atoms with Gasteiger partial charge in [0.1, 0.15) is 0 Å². The van der Waals surface area contributed by atoms with E-state index in [0.29, 0.717) is 22.7 Å². The van der Waals surface area contributed by atoms with Gasteiger partial charge in [0.05, 0.1) is 5.02 Å². The van der Waals surface area contributed by atoms with Crippen LogP contribution >= 0.6 is 11.6 Å². The topological polar surface area (TPSA) is 54.6 Å². The predicted octanol–water partition coefficient (Wildman–Crippen LogP) is 1.92. The molecule has 5 heteroatoms. The van der Waals surface area contributed by atoms with Crippen molar-refractivity contribution in [3.63, 3.8) is 0 Å². The fourth-order valence-corrected chi connectivity index (χ4v) is 1.94. The van der Waals surface area contributed by atoms with Crippen LogP contribution in [0.2, 0.25) is 5.02 Å². The average molecular weight is 239 g/mol. The van der Waals surface area contributed by atoms with Crippen LogP contribution in [0, 0.1) is 6.92 Å². The summed E-state index contributed by atoms with van der Waals surface area (Å²) in [5, 5.41) is 9.96. The number of aromatic nitrogens is 2. The summed E-state index contributed by atoms with van der Waals surface area (Å²) in [5.41, 5.74) is 1.34. The molecule has 0 aliphatic carbocycles. The number of halogens is 1. The normalized spacial score (nSPS) is 10.9. The van der Waals surface area contributed by atoms with E-state index in [2.05, 4.69) is 4.98 Å². The van der Waals surface area contributed by atoms with Crippen LogP contribution in [0.5, 0.6) is 5.75 Å². The van der Waals surface area contributed by atoms with Gasteiger partial charge >= 0.3 is 0 Å². The van der Waals surface area contributed by atoms with Crippen molar-refractivity contribution in [3.8, 4) is 5.75 Å². The van der Waals surface area contributed by atoms with E-state index in [1.807, 2.05) is 6.92 Å². The molecule has 0 saturated carbocycles. The van der Waals surface area contributed by atoms with E-state index in [9.17, 15) is 9.90 Å². The summed E-state index contributed by atoms with van der Waals surface area (Å²) >= 11 is 5.78. The molecule has 84 valence electrons. The monoisotopic (exact) mass is 238 g/mol. The van der Waals surface area contributed by atoms with Gasteiger partial charge in [-0.3, -0.25) is 9.20 Å². The average Bonchev–Trinajstić information content (AvgIpc) is 2.21. The maximum atomic E-state index is 12.0. The molecule has 0 amide bonds. The van der Waals surface area contributed by atoms with Gasteiger partial charge in [0, 0.05) is 23.5 Å². The molecule has 0 spiro atoms. The molecule has 2 aromatic heterocycles. The van der Waals surface area contributed by atoms with E-state index in [-0.39, 0.29) is 17.0 Å². The molecule has 0 unspecified atom stereocenters. The molecule has 0 atom stereocenters. The standard InChI is InChI=1S/C11H11ClN2O2/c1-3-8-6(2)13-10-9(15)4-7(12)5-14(10)11(8)16/h4-5,15H,3H2,1-2H3. The Labute approximate surface area is 97.1 Å². The minimum absolute atomic E-state index is 0.0876. The smallest absolute Gasteiger partial charge is 0.261 e. The molecule has 1 N–H and O–H groups in total. The molecule has 4 nitrogen and oxygen atoms in total. The number of nitrogens with zero attached hydrogens (tertiary/aromatic N) is 2. The first-order chi connectivity index (χ1) is 7.54. The lowest BCUT2D eigenvalue weighted by atomic mass is 10.2.